The summed E-state index contributed by atoms with van der Waals surface area (Å²) in [5.41, 5.74) is 16.1. The lowest BCUT2D eigenvalue weighted by Crippen LogP contribution is -2.02. The van der Waals surface area contributed by atoms with Gasteiger partial charge in [-0.05, 0) is 82.9 Å². The SMILES string of the molecule is c1ccc(-c2ccc3c(c2)c2ccccc2n3-c2cc(-c3nc(-c4ccccc4)cc(-c4ccccc4)n3)cc(-n3c4ccccc4c4cc(-c5ccccc5)ccc43)c2)cc1. The molecule has 4 heteroatoms. The second-order valence-corrected chi connectivity index (χ2v) is 15.8. The van der Waals surface area contributed by atoms with Crippen molar-refractivity contribution in [3.63, 3.8) is 0 Å². The molecule has 0 fully saturated rings. The molecule has 0 aliphatic rings. The molecule has 0 radical (unpaired) electrons. The van der Waals surface area contributed by atoms with Gasteiger partial charge in [0.1, 0.15) is 0 Å². The number of para-hydroxylation sites is 2. The van der Waals surface area contributed by atoms with Crippen molar-refractivity contribution in [2.45, 2.75) is 0 Å². The van der Waals surface area contributed by atoms with Crippen LogP contribution in [0, 0.1) is 0 Å². The van der Waals surface area contributed by atoms with E-state index in [0.29, 0.717) is 5.82 Å². The van der Waals surface area contributed by atoms with Gasteiger partial charge in [-0.3, -0.25) is 0 Å². The predicted molar refractivity (Wildman–Crippen MR) is 258 cm³/mol. The Bertz CT molecular complexity index is 3370. The number of nitrogens with zero attached hydrogens (tertiary/aromatic N) is 4. The number of fused-ring (bicyclic) bond motifs is 6. The van der Waals surface area contributed by atoms with Gasteiger partial charge in [0.05, 0.1) is 33.5 Å². The molecule has 0 unspecified atom stereocenters. The zero-order chi connectivity index (χ0) is 41.0. The minimum absolute atomic E-state index is 0.660. The summed E-state index contributed by atoms with van der Waals surface area (Å²) in [5.74, 6) is 0.660. The van der Waals surface area contributed by atoms with Gasteiger partial charge in [-0.1, -0.05) is 170 Å². The van der Waals surface area contributed by atoms with Crippen molar-refractivity contribution in [2.24, 2.45) is 0 Å². The third kappa shape index (κ3) is 6.08. The lowest BCUT2D eigenvalue weighted by atomic mass is 10.0. The molecule has 0 spiro atoms. The van der Waals surface area contributed by atoms with Crippen molar-refractivity contribution < 1.29 is 0 Å². The van der Waals surface area contributed by atoms with E-state index in [1.807, 2.05) is 12.1 Å². The number of hydrogen-bond donors (Lipinski definition) is 0. The Kier molecular flexibility index (Phi) is 8.46. The Morgan fingerprint density at radius 2 is 0.613 bits per heavy atom. The molecule has 0 saturated heterocycles. The Morgan fingerprint density at radius 3 is 1.05 bits per heavy atom. The predicted octanol–water partition coefficient (Wildman–Crippen LogP) is 15.0. The molecule has 0 amide bonds. The van der Waals surface area contributed by atoms with Gasteiger partial charge in [-0.15, -0.1) is 0 Å². The third-order valence-electron chi connectivity index (χ3n) is 12.1. The molecule has 12 rings (SSSR count). The van der Waals surface area contributed by atoms with Crippen LogP contribution in [-0.4, -0.2) is 19.1 Å². The highest BCUT2D eigenvalue weighted by Gasteiger charge is 2.20. The van der Waals surface area contributed by atoms with Crippen molar-refractivity contribution in [1.29, 1.82) is 0 Å². The molecule has 3 heterocycles. The maximum absolute atomic E-state index is 5.35. The molecule has 62 heavy (non-hydrogen) atoms. The van der Waals surface area contributed by atoms with Crippen LogP contribution in [0.2, 0.25) is 0 Å². The van der Waals surface area contributed by atoms with E-state index in [1.54, 1.807) is 0 Å². The Hall–Kier alpha value is -8.34. The molecule has 0 saturated carbocycles. The monoisotopic (exact) mass is 790 g/mol. The Morgan fingerprint density at radius 1 is 0.242 bits per heavy atom. The Balaban J connectivity index is 1.15. The van der Waals surface area contributed by atoms with Crippen molar-refractivity contribution in [3.05, 3.63) is 231 Å². The first-order valence-corrected chi connectivity index (χ1v) is 21.1. The van der Waals surface area contributed by atoms with Crippen LogP contribution in [0.3, 0.4) is 0 Å². The summed E-state index contributed by atoms with van der Waals surface area (Å²) in [4.78, 5) is 10.7. The second-order valence-electron chi connectivity index (χ2n) is 15.8. The van der Waals surface area contributed by atoms with E-state index in [2.05, 4.69) is 228 Å². The van der Waals surface area contributed by atoms with Crippen molar-refractivity contribution in [2.75, 3.05) is 0 Å². The van der Waals surface area contributed by atoms with Gasteiger partial charge in [-0.2, -0.15) is 0 Å². The fraction of sp³-hybridized carbons (Fsp3) is 0. The van der Waals surface area contributed by atoms with Crippen molar-refractivity contribution >= 4 is 43.6 Å². The first-order chi connectivity index (χ1) is 30.7. The van der Waals surface area contributed by atoms with Crippen LogP contribution in [-0.2, 0) is 0 Å². The van der Waals surface area contributed by atoms with Crippen LogP contribution >= 0.6 is 0 Å². The van der Waals surface area contributed by atoms with Crippen LogP contribution in [0.1, 0.15) is 0 Å². The lowest BCUT2D eigenvalue weighted by Gasteiger charge is -2.16. The van der Waals surface area contributed by atoms with Gasteiger partial charge in [0.15, 0.2) is 5.82 Å². The Labute approximate surface area is 359 Å². The van der Waals surface area contributed by atoms with E-state index < -0.39 is 0 Å². The molecule has 0 atom stereocenters. The van der Waals surface area contributed by atoms with Gasteiger partial charge in [-0.25, -0.2) is 9.97 Å². The van der Waals surface area contributed by atoms with Gasteiger partial charge in [0.25, 0.3) is 0 Å². The highest BCUT2D eigenvalue weighted by Crippen LogP contribution is 2.40. The fourth-order valence-corrected chi connectivity index (χ4v) is 9.19. The van der Waals surface area contributed by atoms with Crippen LogP contribution < -0.4 is 0 Å². The topological polar surface area (TPSA) is 35.6 Å². The average Bonchev–Trinajstić information content (AvgIpc) is 3.87. The van der Waals surface area contributed by atoms with E-state index in [1.165, 1.54) is 43.8 Å². The van der Waals surface area contributed by atoms with Gasteiger partial charge in [0.2, 0.25) is 0 Å². The summed E-state index contributed by atoms with van der Waals surface area (Å²) in [7, 11) is 0. The lowest BCUT2D eigenvalue weighted by molar-refractivity contribution is 1.12. The normalized spacial score (nSPS) is 11.5. The number of rotatable bonds is 7. The first kappa shape index (κ1) is 35.6. The molecule has 4 nitrogen and oxygen atoms in total. The van der Waals surface area contributed by atoms with E-state index in [4.69, 9.17) is 9.97 Å². The highest BCUT2D eigenvalue weighted by molar-refractivity contribution is 6.12. The van der Waals surface area contributed by atoms with E-state index in [-0.39, 0.29) is 0 Å². The molecule has 0 aliphatic carbocycles. The maximum Gasteiger partial charge on any atom is 0.160 e. The average molecular weight is 791 g/mol. The van der Waals surface area contributed by atoms with Crippen LogP contribution in [0.15, 0.2) is 231 Å². The van der Waals surface area contributed by atoms with Crippen LogP contribution in [0.25, 0.3) is 111 Å². The molecule has 0 N–H and O–H groups in total. The fourth-order valence-electron chi connectivity index (χ4n) is 9.19. The largest absolute Gasteiger partial charge is 0.309 e. The summed E-state index contributed by atoms with van der Waals surface area (Å²) < 4.78 is 4.82. The van der Waals surface area contributed by atoms with E-state index >= 15 is 0 Å². The minimum atomic E-state index is 0.660. The number of benzene rings is 9. The first-order valence-electron chi connectivity index (χ1n) is 21.1. The third-order valence-corrected chi connectivity index (χ3v) is 12.1. The van der Waals surface area contributed by atoms with Crippen LogP contribution in [0.5, 0.6) is 0 Å². The number of aromatic nitrogens is 4. The number of hydrogen-bond acceptors (Lipinski definition) is 2. The van der Waals surface area contributed by atoms with Gasteiger partial charge >= 0.3 is 0 Å². The molecular formula is C58H38N4. The summed E-state index contributed by atoms with van der Waals surface area (Å²) in [6, 6.07) is 82.2. The van der Waals surface area contributed by atoms with Crippen molar-refractivity contribution in [1.82, 2.24) is 19.1 Å². The molecule has 12 aromatic rings. The molecule has 0 aliphatic heterocycles. The second kappa shape index (κ2) is 14.7. The molecule has 290 valence electrons. The van der Waals surface area contributed by atoms with Crippen LogP contribution in [0.4, 0.5) is 0 Å². The molecule has 0 bridgehead atoms. The standard InChI is InChI=1S/C58H38N4/c1-5-17-39(18-6-1)43-29-31-56-50(35-43)48-25-13-15-27-54(48)61(56)46-33-45(58-59-52(41-21-9-3-10-22-41)38-53(60-58)42-23-11-4-12-24-42)34-47(37-46)62-55-28-16-14-26-49(55)51-36-44(30-32-57(51)62)40-19-7-2-8-20-40/h1-38H. The summed E-state index contributed by atoms with van der Waals surface area (Å²) in [6.45, 7) is 0. The molecule has 9 aromatic carbocycles. The van der Waals surface area contributed by atoms with E-state index in [9.17, 15) is 0 Å². The van der Waals surface area contributed by atoms with Gasteiger partial charge < -0.3 is 9.13 Å². The summed E-state index contributed by atoms with van der Waals surface area (Å²) >= 11 is 0. The van der Waals surface area contributed by atoms with Crippen molar-refractivity contribution in [3.8, 4) is 67.5 Å². The summed E-state index contributed by atoms with van der Waals surface area (Å²) in [5, 5.41) is 4.80. The highest BCUT2D eigenvalue weighted by atomic mass is 15.0. The minimum Gasteiger partial charge on any atom is -0.309 e. The maximum atomic E-state index is 5.35. The zero-order valence-corrected chi connectivity index (χ0v) is 33.7. The molecule has 3 aromatic heterocycles. The van der Waals surface area contributed by atoms with E-state index in [0.717, 1.165) is 61.5 Å². The van der Waals surface area contributed by atoms with Gasteiger partial charge in [0, 0.05) is 49.6 Å². The molecular weight excluding hydrogens is 753 g/mol. The quantitative estimate of drug-likeness (QED) is 0.161. The summed E-state index contributed by atoms with van der Waals surface area (Å²) in [6.07, 6.45) is 0. The zero-order valence-electron chi connectivity index (χ0n) is 33.7. The smallest absolute Gasteiger partial charge is 0.160 e.